The van der Waals surface area contributed by atoms with Gasteiger partial charge in [0.2, 0.25) is 0 Å². The van der Waals surface area contributed by atoms with Crippen LogP contribution >= 0.6 is 0 Å². The molecule has 0 unspecified atom stereocenters. The van der Waals surface area contributed by atoms with E-state index in [0.29, 0.717) is 16.8 Å². The highest BCUT2D eigenvalue weighted by Gasteiger charge is 2.15. The van der Waals surface area contributed by atoms with Gasteiger partial charge in [0.15, 0.2) is 11.5 Å². The van der Waals surface area contributed by atoms with Crippen molar-refractivity contribution in [3.63, 3.8) is 0 Å². The molecule has 11 heteroatoms. The average Bonchev–Trinajstić information content (AvgIpc) is 2.99. The zero-order chi connectivity index (χ0) is 29.2. The molecule has 4 aromatic carbocycles. The summed E-state index contributed by atoms with van der Waals surface area (Å²) in [5, 5.41) is 17.6. The molecule has 2 amide bonds. The van der Waals surface area contributed by atoms with Gasteiger partial charge in [-0.3, -0.25) is 19.7 Å². The number of carbonyl (C=O) groups is 3. The summed E-state index contributed by atoms with van der Waals surface area (Å²) in [5.41, 5.74) is 4.21. The minimum absolute atomic E-state index is 0.134. The van der Waals surface area contributed by atoms with Crippen molar-refractivity contribution < 1.29 is 28.8 Å². The van der Waals surface area contributed by atoms with Crippen LogP contribution in [0.5, 0.6) is 11.5 Å². The third-order valence-corrected chi connectivity index (χ3v) is 5.58. The molecule has 0 aliphatic heterocycles. The highest BCUT2D eigenvalue weighted by Crippen LogP contribution is 2.29. The first-order valence-corrected chi connectivity index (χ1v) is 12.4. The lowest BCUT2D eigenvalue weighted by Gasteiger charge is -2.11. The first-order chi connectivity index (χ1) is 19.8. The second-order valence-electron chi connectivity index (χ2n) is 8.43. The Labute approximate surface area is 234 Å². The van der Waals surface area contributed by atoms with Crippen LogP contribution in [0.1, 0.15) is 43.6 Å². The first kappa shape index (κ1) is 28.2. The fourth-order valence-electron chi connectivity index (χ4n) is 3.60. The van der Waals surface area contributed by atoms with Crippen LogP contribution in [0.25, 0.3) is 0 Å². The van der Waals surface area contributed by atoms with E-state index in [9.17, 15) is 24.5 Å². The molecule has 0 aromatic heterocycles. The molecular weight excluding hydrogens is 528 g/mol. The summed E-state index contributed by atoms with van der Waals surface area (Å²) in [4.78, 5) is 47.8. The minimum Gasteiger partial charge on any atom is -0.490 e. The third kappa shape index (κ3) is 7.60. The van der Waals surface area contributed by atoms with Gasteiger partial charge in [-0.15, -0.1) is 0 Å². The van der Waals surface area contributed by atoms with E-state index in [2.05, 4.69) is 15.8 Å². The van der Waals surface area contributed by atoms with Crippen LogP contribution in [0.3, 0.4) is 0 Å². The fourth-order valence-corrected chi connectivity index (χ4v) is 3.60. The number of non-ortho nitro benzene ring substituents is 1. The summed E-state index contributed by atoms with van der Waals surface area (Å²) in [7, 11) is 0. The third-order valence-electron chi connectivity index (χ3n) is 5.58. The number of anilines is 1. The predicted octanol–water partition coefficient (Wildman–Crippen LogP) is 5.23. The first-order valence-electron chi connectivity index (χ1n) is 12.4. The van der Waals surface area contributed by atoms with E-state index < -0.39 is 16.8 Å². The van der Waals surface area contributed by atoms with Crippen LogP contribution in [0.15, 0.2) is 102 Å². The van der Waals surface area contributed by atoms with Crippen molar-refractivity contribution in [3.05, 3.63) is 129 Å². The van der Waals surface area contributed by atoms with Crippen LogP contribution in [0.2, 0.25) is 0 Å². The summed E-state index contributed by atoms with van der Waals surface area (Å²) in [6.45, 7) is 2.05. The van der Waals surface area contributed by atoms with E-state index >= 15 is 0 Å². The lowest BCUT2D eigenvalue weighted by Crippen LogP contribution is -2.18. The van der Waals surface area contributed by atoms with E-state index in [0.717, 1.165) is 0 Å². The van der Waals surface area contributed by atoms with Gasteiger partial charge < -0.3 is 14.8 Å². The maximum Gasteiger partial charge on any atom is 0.343 e. The average molecular weight is 553 g/mol. The topological polar surface area (TPSA) is 149 Å². The van der Waals surface area contributed by atoms with E-state index in [-0.39, 0.29) is 40.8 Å². The second kappa shape index (κ2) is 13.3. The molecule has 4 rings (SSSR count). The number of amides is 2. The molecule has 0 aliphatic carbocycles. The van der Waals surface area contributed by atoms with E-state index in [4.69, 9.17) is 9.47 Å². The molecule has 0 fully saturated rings. The van der Waals surface area contributed by atoms with E-state index in [1.807, 2.05) is 6.07 Å². The van der Waals surface area contributed by atoms with E-state index in [1.54, 1.807) is 61.5 Å². The Morgan fingerprint density at radius 2 is 1.56 bits per heavy atom. The van der Waals surface area contributed by atoms with Gasteiger partial charge in [-0.2, -0.15) is 5.10 Å². The van der Waals surface area contributed by atoms with Gasteiger partial charge >= 0.3 is 5.97 Å². The Morgan fingerprint density at radius 1 is 0.829 bits per heavy atom. The molecular formula is C30H24N4O7. The normalized spacial score (nSPS) is 10.6. The van der Waals surface area contributed by atoms with Gasteiger partial charge in [0.1, 0.15) is 0 Å². The molecule has 0 atom stereocenters. The maximum absolute atomic E-state index is 12.6. The van der Waals surface area contributed by atoms with Crippen LogP contribution in [-0.2, 0) is 0 Å². The van der Waals surface area contributed by atoms with Crippen LogP contribution in [-0.4, -0.2) is 35.5 Å². The molecule has 4 aromatic rings. The largest absolute Gasteiger partial charge is 0.490 e. The molecule has 0 aliphatic rings. The maximum atomic E-state index is 12.6. The van der Waals surface area contributed by atoms with E-state index in [1.165, 1.54) is 42.6 Å². The zero-order valence-electron chi connectivity index (χ0n) is 21.8. The van der Waals surface area contributed by atoms with Gasteiger partial charge in [0, 0.05) is 28.9 Å². The minimum atomic E-state index is -0.711. The molecule has 0 saturated heterocycles. The summed E-state index contributed by atoms with van der Waals surface area (Å²) in [6, 6.07) is 24.9. The Balaban J connectivity index is 1.39. The summed E-state index contributed by atoms with van der Waals surface area (Å²) in [5.74, 6) is -1.09. The number of hydrogen-bond donors (Lipinski definition) is 2. The Bertz CT molecular complexity index is 1600. The number of rotatable bonds is 10. The summed E-state index contributed by atoms with van der Waals surface area (Å²) >= 11 is 0. The lowest BCUT2D eigenvalue weighted by atomic mass is 10.1. The van der Waals surface area contributed by atoms with Crippen molar-refractivity contribution in [2.45, 2.75) is 6.92 Å². The SMILES string of the molecule is CCOc1cc(C=NNC(=O)c2cccc(NC(=O)c3ccccc3)c2)ccc1OC(=O)c1ccc([N+](=O)[O-])cc1. The fraction of sp³-hybridized carbons (Fsp3) is 0.0667. The quantitative estimate of drug-likeness (QED) is 0.0899. The summed E-state index contributed by atoms with van der Waals surface area (Å²) < 4.78 is 11.0. The molecule has 0 radical (unpaired) electrons. The van der Waals surface area contributed by atoms with Gasteiger partial charge in [0.05, 0.1) is 23.3 Å². The van der Waals surface area contributed by atoms with Gasteiger partial charge in [-0.05, 0) is 73.2 Å². The number of ether oxygens (including phenoxy) is 2. The number of nitrogens with one attached hydrogen (secondary N) is 2. The number of hydrazone groups is 1. The Hall–Kier alpha value is -5.84. The molecule has 0 spiro atoms. The van der Waals surface area contributed by atoms with Crippen LogP contribution in [0.4, 0.5) is 11.4 Å². The number of carbonyl (C=O) groups excluding carboxylic acids is 3. The van der Waals surface area contributed by atoms with Crippen molar-refractivity contribution in [3.8, 4) is 11.5 Å². The molecule has 0 saturated carbocycles. The molecule has 0 bridgehead atoms. The molecule has 2 N–H and O–H groups in total. The van der Waals surface area contributed by atoms with Crippen molar-refractivity contribution in [1.29, 1.82) is 0 Å². The number of nitrogens with zero attached hydrogens (tertiary/aromatic N) is 2. The molecule has 11 nitrogen and oxygen atoms in total. The zero-order valence-corrected chi connectivity index (χ0v) is 21.8. The number of hydrogen-bond acceptors (Lipinski definition) is 8. The predicted molar refractivity (Wildman–Crippen MR) is 152 cm³/mol. The number of nitro benzene ring substituents is 1. The molecule has 0 heterocycles. The van der Waals surface area contributed by atoms with Crippen molar-refractivity contribution in [1.82, 2.24) is 5.43 Å². The molecule has 206 valence electrons. The monoisotopic (exact) mass is 552 g/mol. The summed E-state index contributed by atoms with van der Waals surface area (Å²) in [6.07, 6.45) is 1.39. The number of esters is 1. The van der Waals surface area contributed by atoms with Crippen LogP contribution < -0.4 is 20.2 Å². The molecule has 41 heavy (non-hydrogen) atoms. The Morgan fingerprint density at radius 3 is 2.27 bits per heavy atom. The second-order valence-corrected chi connectivity index (χ2v) is 8.43. The highest BCUT2D eigenvalue weighted by atomic mass is 16.6. The lowest BCUT2D eigenvalue weighted by molar-refractivity contribution is -0.384. The van der Waals surface area contributed by atoms with Crippen LogP contribution in [0, 0.1) is 10.1 Å². The van der Waals surface area contributed by atoms with Gasteiger partial charge in [0.25, 0.3) is 17.5 Å². The number of nitro groups is 1. The van der Waals surface area contributed by atoms with Gasteiger partial charge in [-0.25, -0.2) is 10.2 Å². The highest BCUT2D eigenvalue weighted by molar-refractivity contribution is 6.05. The van der Waals surface area contributed by atoms with Gasteiger partial charge in [-0.1, -0.05) is 24.3 Å². The van der Waals surface area contributed by atoms with Crippen molar-refractivity contribution in [2.75, 3.05) is 11.9 Å². The Kier molecular flexibility index (Phi) is 9.13. The standard InChI is InChI=1S/C30H24N4O7/c1-2-40-27-17-20(11-16-26(27)41-30(37)22-12-14-25(15-13-22)34(38)39)19-31-33-29(36)23-9-6-10-24(18-23)32-28(35)21-7-4-3-5-8-21/h3-19H,2H2,1H3,(H,32,35)(H,33,36). The van der Waals surface area contributed by atoms with Crippen molar-refractivity contribution >= 4 is 35.4 Å². The number of benzene rings is 4. The smallest absolute Gasteiger partial charge is 0.343 e. The van der Waals surface area contributed by atoms with Crippen molar-refractivity contribution in [2.24, 2.45) is 5.10 Å².